The van der Waals surface area contributed by atoms with Crippen molar-refractivity contribution >= 4 is 5.91 Å². The highest BCUT2D eigenvalue weighted by Crippen LogP contribution is 2.21. The second-order valence-corrected chi connectivity index (χ2v) is 6.53. The molecule has 1 amide bonds. The molecule has 2 fully saturated rings. The van der Waals surface area contributed by atoms with E-state index in [1.165, 1.54) is 18.4 Å². The largest absolute Gasteiger partial charge is 0.340 e. The maximum Gasteiger partial charge on any atom is 0.223 e. The van der Waals surface area contributed by atoms with Gasteiger partial charge in [-0.25, -0.2) is 0 Å². The molecule has 4 heteroatoms. The zero-order valence-corrected chi connectivity index (χ0v) is 13.3. The van der Waals surface area contributed by atoms with Gasteiger partial charge in [-0.15, -0.1) is 0 Å². The molecule has 1 atom stereocenters. The average molecular weight is 301 g/mol. The van der Waals surface area contributed by atoms with Gasteiger partial charge in [0.25, 0.3) is 0 Å². The third kappa shape index (κ3) is 4.31. The van der Waals surface area contributed by atoms with Gasteiger partial charge in [-0.3, -0.25) is 4.79 Å². The second kappa shape index (κ2) is 7.75. The summed E-state index contributed by atoms with van der Waals surface area (Å²) in [6.07, 6.45) is 3.11. The van der Waals surface area contributed by atoms with E-state index in [9.17, 15) is 4.79 Å². The molecule has 3 rings (SSSR count). The fourth-order valence-corrected chi connectivity index (χ4v) is 3.56. The van der Waals surface area contributed by atoms with Crippen molar-refractivity contribution in [1.82, 2.24) is 15.1 Å². The molecular weight excluding hydrogens is 274 g/mol. The Labute approximate surface area is 133 Å². The third-order valence-electron chi connectivity index (χ3n) is 4.85. The van der Waals surface area contributed by atoms with Crippen LogP contribution < -0.4 is 5.32 Å². The van der Waals surface area contributed by atoms with Crippen molar-refractivity contribution in [2.45, 2.75) is 19.3 Å². The summed E-state index contributed by atoms with van der Waals surface area (Å²) in [6, 6.07) is 10.8. The average Bonchev–Trinajstić information content (AvgIpc) is 3.02. The van der Waals surface area contributed by atoms with E-state index in [2.05, 4.69) is 40.5 Å². The summed E-state index contributed by atoms with van der Waals surface area (Å²) in [5.41, 5.74) is 1.44. The molecule has 4 nitrogen and oxygen atoms in total. The number of hydrogen-bond donors (Lipinski definition) is 1. The van der Waals surface area contributed by atoms with E-state index in [-0.39, 0.29) is 0 Å². The van der Waals surface area contributed by atoms with Crippen LogP contribution in [0.3, 0.4) is 0 Å². The standard InChI is InChI=1S/C18H27N3O/c22-18(21-12-8-19-9-13-21)7-11-20-10-6-17(15-20)14-16-4-2-1-3-5-16/h1-5,17,19H,6-15H2. The number of rotatable bonds is 5. The normalized spacial score (nSPS) is 22.9. The molecular formula is C18H27N3O. The van der Waals surface area contributed by atoms with Gasteiger partial charge >= 0.3 is 0 Å². The lowest BCUT2D eigenvalue weighted by molar-refractivity contribution is -0.132. The molecule has 0 bridgehead atoms. The van der Waals surface area contributed by atoms with Gasteiger partial charge in [0, 0.05) is 45.7 Å². The van der Waals surface area contributed by atoms with E-state index in [1.54, 1.807) is 0 Å². The van der Waals surface area contributed by atoms with E-state index in [0.717, 1.165) is 51.7 Å². The van der Waals surface area contributed by atoms with E-state index in [1.807, 2.05) is 4.90 Å². The van der Waals surface area contributed by atoms with Gasteiger partial charge in [0.1, 0.15) is 0 Å². The highest BCUT2D eigenvalue weighted by atomic mass is 16.2. The third-order valence-corrected chi connectivity index (χ3v) is 4.85. The number of carbonyl (C=O) groups is 1. The minimum atomic E-state index is 0.327. The van der Waals surface area contributed by atoms with Crippen LogP contribution in [0.25, 0.3) is 0 Å². The Kier molecular flexibility index (Phi) is 5.46. The Morgan fingerprint density at radius 2 is 1.91 bits per heavy atom. The van der Waals surface area contributed by atoms with Crippen molar-refractivity contribution in [1.29, 1.82) is 0 Å². The Hall–Kier alpha value is -1.39. The number of benzene rings is 1. The molecule has 0 saturated carbocycles. The molecule has 0 aromatic heterocycles. The predicted octanol–water partition coefficient (Wildman–Crippen LogP) is 1.37. The lowest BCUT2D eigenvalue weighted by atomic mass is 9.99. The van der Waals surface area contributed by atoms with Gasteiger partial charge in [0.15, 0.2) is 0 Å². The van der Waals surface area contributed by atoms with Gasteiger partial charge in [-0.05, 0) is 30.9 Å². The first-order valence-electron chi connectivity index (χ1n) is 8.56. The lowest BCUT2D eigenvalue weighted by Crippen LogP contribution is -2.47. The SMILES string of the molecule is O=C(CCN1CCC(Cc2ccccc2)C1)N1CCNCC1. The zero-order chi connectivity index (χ0) is 15.2. The van der Waals surface area contributed by atoms with E-state index >= 15 is 0 Å². The number of amides is 1. The smallest absolute Gasteiger partial charge is 0.223 e. The van der Waals surface area contributed by atoms with Gasteiger partial charge in [0.05, 0.1) is 0 Å². The molecule has 0 spiro atoms. The summed E-state index contributed by atoms with van der Waals surface area (Å²) >= 11 is 0. The lowest BCUT2D eigenvalue weighted by Gasteiger charge is -2.28. The molecule has 1 aromatic rings. The molecule has 2 saturated heterocycles. The molecule has 1 aromatic carbocycles. The summed E-state index contributed by atoms with van der Waals surface area (Å²) in [7, 11) is 0. The highest BCUT2D eigenvalue weighted by molar-refractivity contribution is 5.76. The van der Waals surface area contributed by atoms with Gasteiger partial charge in [-0.1, -0.05) is 30.3 Å². The molecule has 2 aliphatic rings. The van der Waals surface area contributed by atoms with Crippen LogP contribution in [0.1, 0.15) is 18.4 Å². The van der Waals surface area contributed by atoms with Crippen LogP contribution in [0.5, 0.6) is 0 Å². The monoisotopic (exact) mass is 301 g/mol. The van der Waals surface area contributed by atoms with Crippen LogP contribution in [-0.4, -0.2) is 61.5 Å². The minimum Gasteiger partial charge on any atom is -0.340 e. The van der Waals surface area contributed by atoms with E-state index in [0.29, 0.717) is 12.3 Å². The Balaban J connectivity index is 1.38. The van der Waals surface area contributed by atoms with Crippen LogP contribution in [0.4, 0.5) is 0 Å². The Bertz CT molecular complexity index is 470. The Morgan fingerprint density at radius 1 is 1.14 bits per heavy atom. The maximum absolute atomic E-state index is 12.2. The fraction of sp³-hybridized carbons (Fsp3) is 0.611. The molecule has 1 N–H and O–H groups in total. The number of piperazine rings is 1. The van der Waals surface area contributed by atoms with Crippen LogP contribution in [0, 0.1) is 5.92 Å². The van der Waals surface area contributed by atoms with Gasteiger partial charge in [-0.2, -0.15) is 0 Å². The van der Waals surface area contributed by atoms with Crippen LogP contribution >= 0.6 is 0 Å². The van der Waals surface area contributed by atoms with Crippen LogP contribution in [0.2, 0.25) is 0 Å². The summed E-state index contributed by atoms with van der Waals surface area (Å²) in [5, 5.41) is 3.29. The number of carbonyl (C=O) groups excluding carboxylic acids is 1. The first-order chi connectivity index (χ1) is 10.8. The first kappa shape index (κ1) is 15.5. The fourth-order valence-electron chi connectivity index (χ4n) is 3.56. The summed E-state index contributed by atoms with van der Waals surface area (Å²) in [5.74, 6) is 1.07. The van der Waals surface area contributed by atoms with Crippen molar-refractivity contribution < 1.29 is 4.79 Å². The minimum absolute atomic E-state index is 0.327. The molecule has 22 heavy (non-hydrogen) atoms. The van der Waals surface area contributed by atoms with Crippen molar-refractivity contribution in [3.05, 3.63) is 35.9 Å². The second-order valence-electron chi connectivity index (χ2n) is 6.53. The first-order valence-corrected chi connectivity index (χ1v) is 8.56. The zero-order valence-electron chi connectivity index (χ0n) is 13.3. The van der Waals surface area contributed by atoms with Crippen molar-refractivity contribution in [3.8, 4) is 0 Å². The molecule has 0 aliphatic carbocycles. The van der Waals surface area contributed by atoms with Gasteiger partial charge in [0.2, 0.25) is 5.91 Å². The molecule has 0 radical (unpaired) electrons. The number of nitrogens with one attached hydrogen (secondary N) is 1. The molecule has 2 heterocycles. The summed E-state index contributed by atoms with van der Waals surface area (Å²) < 4.78 is 0. The van der Waals surface area contributed by atoms with Crippen LogP contribution in [0.15, 0.2) is 30.3 Å². The summed E-state index contributed by atoms with van der Waals surface area (Å²) in [6.45, 7) is 6.83. The van der Waals surface area contributed by atoms with Gasteiger partial charge < -0.3 is 15.1 Å². The molecule has 120 valence electrons. The number of likely N-dealkylation sites (tertiary alicyclic amines) is 1. The van der Waals surface area contributed by atoms with Crippen molar-refractivity contribution in [2.75, 3.05) is 45.8 Å². The van der Waals surface area contributed by atoms with Crippen molar-refractivity contribution in [2.24, 2.45) is 5.92 Å². The highest BCUT2D eigenvalue weighted by Gasteiger charge is 2.24. The predicted molar refractivity (Wildman–Crippen MR) is 88.8 cm³/mol. The quantitative estimate of drug-likeness (QED) is 0.892. The number of nitrogens with zero attached hydrogens (tertiary/aromatic N) is 2. The Morgan fingerprint density at radius 3 is 2.68 bits per heavy atom. The van der Waals surface area contributed by atoms with Crippen LogP contribution in [-0.2, 0) is 11.2 Å². The topological polar surface area (TPSA) is 35.6 Å². The maximum atomic E-state index is 12.2. The van der Waals surface area contributed by atoms with Crippen molar-refractivity contribution in [3.63, 3.8) is 0 Å². The van der Waals surface area contributed by atoms with E-state index < -0.39 is 0 Å². The molecule has 1 unspecified atom stereocenters. The molecule has 2 aliphatic heterocycles. The van der Waals surface area contributed by atoms with E-state index in [4.69, 9.17) is 0 Å². The number of hydrogen-bond acceptors (Lipinski definition) is 3. The summed E-state index contributed by atoms with van der Waals surface area (Å²) in [4.78, 5) is 16.7.